The van der Waals surface area contributed by atoms with E-state index in [-0.39, 0.29) is 23.3 Å². The molecule has 32 heavy (non-hydrogen) atoms. The minimum absolute atomic E-state index is 0.0797. The van der Waals surface area contributed by atoms with E-state index in [1.54, 1.807) is 0 Å². The molecule has 2 aliphatic rings. The lowest BCUT2D eigenvalue weighted by atomic mass is 9.73. The summed E-state index contributed by atoms with van der Waals surface area (Å²) >= 11 is 6.19. The van der Waals surface area contributed by atoms with Gasteiger partial charge in [-0.1, -0.05) is 23.7 Å². The standard InChI is InChI=1S/C26H38ClN3O2/c1-6-7-14-26(28-18(2)31,24(32)29-25(3,4)5)20-12-15-30(16-13-20)23-11-8-19-17-21(27)9-10-22(19)23/h6,9-10,17,20,23H,1,7-8,11-16H2,2-5H3,(H,28,31)(H,29,32). The van der Waals surface area contributed by atoms with Gasteiger partial charge >= 0.3 is 0 Å². The predicted octanol–water partition coefficient (Wildman–Crippen LogP) is 4.80. The third-order valence-electron chi connectivity index (χ3n) is 6.85. The number of aryl methyl sites for hydroxylation is 1. The van der Waals surface area contributed by atoms with Crippen LogP contribution in [-0.4, -0.2) is 40.9 Å². The summed E-state index contributed by atoms with van der Waals surface area (Å²) in [4.78, 5) is 28.3. The van der Waals surface area contributed by atoms with Crippen LogP contribution in [0.4, 0.5) is 0 Å². The Morgan fingerprint density at radius 3 is 2.47 bits per heavy atom. The number of piperidine rings is 1. The molecule has 0 spiro atoms. The summed E-state index contributed by atoms with van der Waals surface area (Å²) in [6, 6.07) is 6.66. The monoisotopic (exact) mass is 459 g/mol. The van der Waals surface area contributed by atoms with Crippen LogP contribution in [0.15, 0.2) is 30.9 Å². The highest BCUT2D eigenvalue weighted by atomic mass is 35.5. The molecule has 1 aliphatic carbocycles. The van der Waals surface area contributed by atoms with Crippen molar-refractivity contribution in [1.82, 2.24) is 15.5 Å². The minimum Gasteiger partial charge on any atom is -0.349 e. The quantitative estimate of drug-likeness (QED) is 0.576. The Balaban J connectivity index is 1.79. The van der Waals surface area contributed by atoms with Crippen LogP contribution < -0.4 is 10.6 Å². The molecule has 0 bridgehead atoms. The molecule has 1 saturated heterocycles. The van der Waals surface area contributed by atoms with Crippen molar-refractivity contribution >= 4 is 23.4 Å². The fourth-order valence-corrected chi connectivity index (χ4v) is 5.66. The van der Waals surface area contributed by atoms with Crippen LogP contribution in [-0.2, 0) is 16.0 Å². The van der Waals surface area contributed by atoms with Gasteiger partial charge in [0.2, 0.25) is 11.8 Å². The summed E-state index contributed by atoms with van der Waals surface area (Å²) in [5.41, 5.74) is 1.45. The van der Waals surface area contributed by atoms with Gasteiger partial charge in [-0.25, -0.2) is 0 Å². The van der Waals surface area contributed by atoms with Gasteiger partial charge in [-0.05, 0) is 102 Å². The highest BCUT2D eigenvalue weighted by molar-refractivity contribution is 6.30. The van der Waals surface area contributed by atoms with Crippen LogP contribution in [0.1, 0.15) is 77.0 Å². The molecule has 1 aliphatic heterocycles. The maximum atomic E-state index is 13.6. The van der Waals surface area contributed by atoms with E-state index in [1.165, 1.54) is 18.1 Å². The fraction of sp³-hybridized carbons (Fsp3) is 0.615. The van der Waals surface area contributed by atoms with Gasteiger partial charge < -0.3 is 10.6 Å². The van der Waals surface area contributed by atoms with Crippen LogP contribution in [0.5, 0.6) is 0 Å². The number of rotatable bonds is 7. The van der Waals surface area contributed by atoms with Crippen LogP contribution in [0.25, 0.3) is 0 Å². The molecule has 6 heteroatoms. The van der Waals surface area contributed by atoms with Crippen molar-refractivity contribution in [1.29, 1.82) is 0 Å². The van der Waals surface area contributed by atoms with E-state index in [1.807, 2.05) is 32.9 Å². The molecule has 2 atom stereocenters. The number of carbonyl (C=O) groups is 2. The summed E-state index contributed by atoms with van der Waals surface area (Å²) in [5.74, 6) is -0.167. The molecule has 0 radical (unpaired) electrons. The summed E-state index contributed by atoms with van der Waals surface area (Å²) in [7, 11) is 0. The molecule has 1 aromatic carbocycles. The zero-order valence-electron chi connectivity index (χ0n) is 20.0. The molecule has 1 aromatic rings. The van der Waals surface area contributed by atoms with Gasteiger partial charge in [0.15, 0.2) is 0 Å². The van der Waals surface area contributed by atoms with Crippen molar-refractivity contribution < 1.29 is 9.59 Å². The first-order valence-electron chi connectivity index (χ1n) is 11.8. The average Bonchev–Trinajstić information content (AvgIpc) is 3.12. The lowest BCUT2D eigenvalue weighted by molar-refractivity contribution is -0.138. The maximum absolute atomic E-state index is 13.6. The fourth-order valence-electron chi connectivity index (χ4n) is 5.47. The van der Waals surface area contributed by atoms with Gasteiger partial charge in [0.25, 0.3) is 0 Å². The van der Waals surface area contributed by atoms with E-state index in [2.05, 4.69) is 34.2 Å². The maximum Gasteiger partial charge on any atom is 0.246 e. The first-order chi connectivity index (χ1) is 15.1. The van der Waals surface area contributed by atoms with Crippen molar-refractivity contribution in [2.24, 2.45) is 5.92 Å². The molecule has 2 unspecified atom stereocenters. The molecule has 0 aromatic heterocycles. The lowest BCUT2D eigenvalue weighted by Gasteiger charge is -2.46. The van der Waals surface area contributed by atoms with Crippen LogP contribution in [0.3, 0.4) is 0 Å². The molecule has 5 nitrogen and oxygen atoms in total. The number of halogens is 1. The van der Waals surface area contributed by atoms with E-state index in [0.717, 1.165) is 43.8 Å². The molecule has 1 heterocycles. The van der Waals surface area contributed by atoms with Crippen molar-refractivity contribution in [2.75, 3.05) is 13.1 Å². The van der Waals surface area contributed by atoms with E-state index >= 15 is 0 Å². The molecule has 0 saturated carbocycles. The Labute approximate surface area is 198 Å². The SMILES string of the molecule is C=CCCC(NC(C)=O)(C(=O)NC(C)(C)C)C1CCN(C2CCc3cc(Cl)ccc32)CC1. The molecule has 2 amide bonds. The number of nitrogens with zero attached hydrogens (tertiary/aromatic N) is 1. The van der Waals surface area contributed by atoms with Crippen molar-refractivity contribution in [3.8, 4) is 0 Å². The van der Waals surface area contributed by atoms with E-state index in [0.29, 0.717) is 18.9 Å². The Hall–Kier alpha value is -1.85. The Morgan fingerprint density at radius 2 is 1.88 bits per heavy atom. The number of likely N-dealkylation sites (tertiary alicyclic amines) is 1. The zero-order valence-corrected chi connectivity index (χ0v) is 20.7. The summed E-state index contributed by atoms with van der Waals surface area (Å²) in [5, 5.41) is 7.04. The Bertz CT molecular complexity index is 855. The van der Waals surface area contributed by atoms with Crippen LogP contribution in [0.2, 0.25) is 5.02 Å². The molecule has 2 N–H and O–H groups in total. The summed E-state index contributed by atoms with van der Waals surface area (Å²) < 4.78 is 0. The van der Waals surface area contributed by atoms with Crippen molar-refractivity contribution in [2.45, 2.75) is 83.3 Å². The minimum atomic E-state index is -0.916. The number of amides is 2. The third-order valence-corrected chi connectivity index (χ3v) is 7.09. The second kappa shape index (κ2) is 9.96. The van der Waals surface area contributed by atoms with E-state index in [4.69, 9.17) is 11.6 Å². The zero-order chi connectivity index (χ0) is 23.5. The largest absolute Gasteiger partial charge is 0.349 e. The van der Waals surface area contributed by atoms with Gasteiger partial charge in [-0.15, -0.1) is 6.58 Å². The number of allylic oxidation sites excluding steroid dienone is 1. The topological polar surface area (TPSA) is 61.4 Å². The van der Waals surface area contributed by atoms with Crippen molar-refractivity contribution in [3.05, 3.63) is 47.0 Å². The second-order valence-corrected chi connectivity index (χ2v) is 10.8. The molecular formula is C26H38ClN3O2. The molecule has 176 valence electrons. The van der Waals surface area contributed by atoms with Gasteiger partial charge in [-0.3, -0.25) is 14.5 Å². The second-order valence-electron chi connectivity index (χ2n) is 10.4. The number of carbonyl (C=O) groups excluding carboxylic acids is 2. The first-order valence-corrected chi connectivity index (χ1v) is 12.2. The van der Waals surface area contributed by atoms with Gasteiger partial charge in [0.05, 0.1) is 0 Å². The highest BCUT2D eigenvalue weighted by Gasteiger charge is 2.48. The number of hydrogen-bond donors (Lipinski definition) is 2. The molecule has 1 fully saturated rings. The molecule has 3 rings (SSSR count). The number of fused-ring (bicyclic) bond motifs is 1. The van der Waals surface area contributed by atoms with Gasteiger partial charge in [-0.2, -0.15) is 0 Å². The van der Waals surface area contributed by atoms with Crippen molar-refractivity contribution in [3.63, 3.8) is 0 Å². The number of nitrogens with one attached hydrogen (secondary N) is 2. The number of hydrogen-bond acceptors (Lipinski definition) is 3. The van der Waals surface area contributed by atoms with E-state index in [9.17, 15) is 9.59 Å². The van der Waals surface area contributed by atoms with Gasteiger partial charge in [0, 0.05) is 23.5 Å². The Kier molecular flexibility index (Phi) is 7.72. The Morgan fingerprint density at radius 1 is 1.19 bits per heavy atom. The normalized spacial score (nSPS) is 21.5. The highest BCUT2D eigenvalue weighted by Crippen LogP contribution is 2.41. The number of benzene rings is 1. The predicted molar refractivity (Wildman–Crippen MR) is 131 cm³/mol. The smallest absolute Gasteiger partial charge is 0.246 e. The summed E-state index contributed by atoms with van der Waals surface area (Å²) in [6.45, 7) is 13.1. The lowest BCUT2D eigenvalue weighted by Crippen LogP contribution is -2.66. The van der Waals surface area contributed by atoms with Gasteiger partial charge in [0.1, 0.15) is 5.54 Å². The first kappa shape index (κ1) is 24.8. The molecular weight excluding hydrogens is 422 g/mol. The van der Waals surface area contributed by atoms with Crippen LogP contribution in [0, 0.1) is 5.92 Å². The van der Waals surface area contributed by atoms with E-state index < -0.39 is 5.54 Å². The average molecular weight is 460 g/mol. The van der Waals surface area contributed by atoms with Crippen LogP contribution >= 0.6 is 11.6 Å². The summed E-state index contributed by atoms with van der Waals surface area (Å²) in [6.07, 6.45) is 6.98. The third kappa shape index (κ3) is 5.55.